The number of nitrogen functional groups attached to an aromatic ring is 1. The first-order valence-electron chi connectivity index (χ1n) is 12.3. The lowest BCUT2D eigenvalue weighted by Gasteiger charge is -2.39. The van der Waals surface area contributed by atoms with Crippen molar-refractivity contribution in [3.8, 4) is 11.5 Å². The topological polar surface area (TPSA) is 92.0 Å². The minimum absolute atomic E-state index is 0.132. The molecule has 8 nitrogen and oxygen atoms in total. The Morgan fingerprint density at radius 3 is 2.56 bits per heavy atom. The summed E-state index contributed by atoms with van der Waals surface area (Å²) < 4.78 is 5.91. The zero-order valence-electron chi connectivity index (χ0n) is 20.8. The average Bonchev–Trinajstić information content (AvgIpc) is 2.90. The molecule has 0 saturated carbocycles. The van der Waals surface area contributed by atoms with Crippen molar-refractivity contribution in [2.75, 3.05) is 35.7 Å². The molecule has 0 spiro atoms. The van der Waals surface area contributed by atoms with Crippen LogP contribution in [-0.4, -0.2) is 48.4 Å². The molecule has 36 heavy (non-hydrogen) atoms. The number of anilines is 4. The number of hydrogen-bond acceptors (Lipinski definition) is 6. The van der Waals surface area contributed by atoms with E-state index >= 15 is 0 Å². The van der Waals surface area contributed by atoms with Gasteiger partial charge in [0.1, 0.15) is 23.0 Å². The Balaban J connectivity index is 1.58. The molecule has 0 radical (unpaired) electrons. The number of carbonyl (C=O) groups is 2. The molecule has 1 unspecified atom stereocenters. The maximum Gasteiger partial charge on any atom is 0.222 e. The summed E-state index contributed by atoms with van der Waals surface area (Å²) in [6.45, 7) is 3.23. The van der Waals surface area contributed by atoms with Gasteiger partial charge in [0.15, 0.2) is 0 Å². The van der Waals surface area contributed by atoms with Crippen molar-refractivity contribution in [1.82, 2.24) is 9.88 Å². The molecule has 2 N–H and O–H groups in total. The highest BCUT2D eigenvalue weighted by molar-refractivity contribution is 5.91. The Hall–Kier alpha value is -4.07. The van der Waals surface area contributed by atoms with E-state index in [2.05, 4.69) is 4.98 Å². The fraction of sp³-hybridized carbons (Fsp3) is 0.321. The molecule has 0 aliphatic carbocycles. The Kier molecular flexibility index (Phi) is 8.05. The van der Waals surface area contributed by atoms with Gasteiger partial charge in [0.05, 0.1) is 11.7 Å². The van der Waals surface area contributed by atoms with Crippen LogP contribution in [0, 0.1) is 0 Å². The molecule has 0 bridgehead atoms. The molecule has 2 aromatic carbocycles. The van der Waals surface area contributed by atoms with Crippen LogP contribution in [0.4, 0.5) is 22.9 Å². The van der Waals surface area contributed by atoms with E-state index in [9.17, 15) is 9.59 Å². The number of amides is 2. The molecule has 3 aromatic rings. The van der Waals surface area contributed by atoms with Crippen LogP contribution in [0.2, 0.25) is 0 Å². The van der Waals surface area contributed by atoms with Crippen LogP contribution in [-0.2, 0) is 9.59 Å². The van der Waals surface area contributed by atoms with Gasteiger partial charge in [-0.15, -0.1) is 0 Å². The number of para-hydroxylation sites is 1. The first kappa shape index (κ1) is 25.0. The van der Waals surface area contributed by atoms with Crippen molar-refractivity contribution in [3.63, 3.8) is 0 Å². The molecular weight excluding hydrogens is 454 g/mol. The lowest BCUT2D eigenvalue weighted by Crippen LogP contribution is -2.49. The Bertz CT molecular complexity index is 1170. The van der Waals surface area contributed by atoms with Crippen LogP contribution in [0.1, 0.15) is 32.6 Å². The van der Waals surface area contributed by atoms with Gasteiger partial charge in [0.2, 0.25) is 12.3 Å². The normalized spacial score (nSPS) is 15.3. The maximum atomic E-state index is 12.5. The molecule has 1 aliphatic rings. The first-order chi connectivity index (χ1) is 17.5. The number of pyridine rings is 1. The van der Waals surface area contributed by atoms with E-state index in [0.717, 1.165) is 43.7 Å². The van der Waals surface area contributed by atoms with Gasteiger partial charge in [-0.1, -0.05) is 25.1 Å². The van der Waals surface area contributed by atoms with Gasteiger partial charge in [0, 0.05) is 38.4 Å². The van der Waals surface area contributed by atoms with E-state index in [1.54, 1.807) is 17.2 Å². The summed E-state index contributed by atoms with van der Waals surface area (Å²) in [7, 11) is 1.89. The minimum atomic E-state index is -0.132. The summed E-state index contributed by atoms with van der Waals surface area (Å²) in [6, 6.07) is 18.9. The van der Waals surface area contributed by atoms with Crippen molar-refractivity contribution in [2.24, 2.45) is 0 Å². The lowest BCUT2D eigenvalue weighted by molar-refractivity contribution is -0.132. The molecule has 2 amide bonds. The quantitative estimate of drug-likeness (QED) is 0.428. The Morgan fingerprint density at radius 2 is 1.86 bits per heavy atom. The standard InChI is InChI=1S/C28H33N5O3/c1-3-8-26(35)32-18-7-9-22(19-32)33(20-34)25-16-17-30-28(29)27(25)31(2)21-12-14-24(15-13-21)36-23-10-5-4-6-11-23/h4-6,10-17,20,22H,3,7-9,18-19H2,1-2H3,(H2,29,30). The molecule has 1 atom stereocenters. The van der Waals surface area contributed by atoms with Crippen molar-refractivity contribution >= 4 is 35.2 Å². The smallest absolute Gasteiger partial charge is 0.222 e. The van der Waals surface area contributed by atoms with E-state index < -0.39 is 0 Å². The number of ether oxygens (including phenoxy) is 1. The number of piperidine rings is 1. The molecule has 1 saturated heterocycles. The monoisotopic (exact) mass is 487 g/mol. The van der Waals surface area contributed by atoms with Crippen LogP contribution in [0.25, 0.3) is 0 Å². The van der Waals surface area contributed by atoms with Crippen molar-refractivity contribution in [3.05, 3.63) is 66.9 Å². The van der Waals surface area contributed by atoms with Gasteiger partial charge in [-0.25, -0.2) is 4.98 Å². The van der Waals surface area contributed by atoms with Gasteiger partial charge in [-0.05, 0) is 61.7 Å². The number of benzene rings is 2. The fourth-order valence-electron chi connectivity index (χ4n) is 4.62. The third-order valence-electron chi connectivity index (χ3n) is 6.47. The summed E-state index contributed by atoms with van der Waals surface area (Å²) in [5.41, 5.74) is 8.51. The number of likely N-dealkylation sites (tertiary alicyclic amines) is 1. The highest BCUT2D eigenvalue weighted by atomic mass is 16.5. The third kappa shape index (κ3) is 5.59. The first-order valence-corrected chi connectivity index (χ1v) is 12.3. The number of nitrogens with two attached hydrogens (primary N) is 1. The second-order valence-electron chi connectivity index (χ2n) is 8.93. The van der Waals surface area contributed by atoms with E-state index in [-0.39, 0.29) is 11.9 Å². The third-order valence-corrected chi connectivity index (χ3v) is 6.47. The molecule has 1 aliphatic heterocycles. The molecule has 2 heterocycles. The molecule has 4 rings (SSSR count). The van der Waals surface area contributed by atoms with Gasteiger partial charge < -0.3 is 25.2 Å². The van der Waals surface area contributed by atoms with E-state index in [4.69, 9.17) is 10.5 Å². The Morgan fingerprint density at radius 1 is 1.14 bits per heavy atom. The zero-order chi connectivity index (χ0) is 25.5. The maximum absolute atomic E-state index is 12.5. The summed E-state index contributed by atoms with van der Waals surface area (Å²) in [5, 5.41) is 0. The van der Waals surface area contributed by atoms with Crippen LogP contribution in [0.15, 0.2) is 66.9 Å². The highest BCUT2D eigenvalue weighted by Crippen LogP contribution is 2.39. The van der Waals surface area contributed by atoms with Crippen LogP contribution in [0.3, 0.4) is 0 Å². The lowest BCUT2D eigenvalue weighted by atomic mass is 10.0. The summed E-state index contributed by atoms with van der Waals surface area (Å²) >= 11 is 0. The predicted octanol–water partition coefficient (Wildman–Crippen LogP) is 4.98. The van der Waals surface area contributed by atoms with Gasteiger partial charge in [-0.2, -0.15) is 0 Å². The second kappa shape index (κ2) is 11.6. The average molecular weight is 488 g/mol. The van der Waals surface area contributed by atoms with Gasteiger partial charge >= 0.3 is 0 Å². The van der Waals surface area contributed by atoms with Crippen molar-refractivity contribution < 1.29 is 14.3 Å². The molecule has 8 heteroatoms. The van der Waals surface area contributed by atoms with E-state index in [1.165, 1.54) is 0 Å². The number of hydrogen-bond donors (Lipinski definition) is 1. The largest absolute Gasteiger partial charge is 0.457 e. The van der Waals surface area contributed by atoms with Crippen LogP contribution < -0.4 is 20.3 Å². The van der Waals surface area contributed by atoms with E-state index in [0.29, 0.717) is 35.9 Å². The summed E-state index contributed by atoms with van der Waals surface area (Å²) in [4.78, 5) is 34.7. The fourth-order valence-corrected chi connectivity index (χ4v) is 4.62. The predicted molar refractivity (Wildman–Crippen MR) is 143 cm³/mol. The summed E-state index contributed by atoms with van der Waals surface area (Å²) in [6.07, 6.45) is 5.43. The zero-order valence-corrected chi connectivity index (χ0v) is 20.8. The number of carbonyl (C=O) groups excluding carboxylic acids is 2. The molecule has 188 valence electrons. The number of rotatable bonds is 9. The Labute approximate surface area is 212 Å². The van der Waals surface area contributed by atoms with Crippen LogP contribution in [0.5, 0.6) is 11.5 Å². The second-order valence-corrected chi connectivity index (χ2v) is 8.93. The van der Waals surface area contributed by atoms with E-state index in [1.807, 2.05) is 78.4 Å². The van der Waals surface area contributed by atoms with Crippen LogP contribution >= 0.6 is 0 Å². The summed E-state index contributed by atoms with van der Waals surface area (Å²) in [5.74, 6) is 1.93. The van der Waals surface area contributed by atoms with Gasteiger partial charge in [-0.3, -0.25) is 9.59 Å². The SMILES string of the molecule is CCCC(=O)N1CCCC(N(C=O)c2ccnc(N)c2N(C)c2ccc(Oc3ccccc3)cc2)C1. The molecular formula is C28H33N5O3. The van der Waals surface area contributed by atoms with Crippen molar-refractivity contribution in [2.45, 2.75) is 38.6 Å². The number of nitrogens with zero attached hydrogens (tertiary/aromatic N) is 4. The van der Waals surface area contributed by atoms with Crippen molar-refractivity contribution in [1.29, 1.82) is 0 Å². The number of aromatic nitrogens is 1. The van der Waals surface area contributed by atoms with Gasteiger partial charge in [0.25, 0.3) is 0 Å². The minimum Gasteiger partial charge on any atom is -0.457 e. The molecule has 1 fully saturated rings. The highest BCUT2D eigenvalue weighted by Gasteiger charge is 2.30. The molecule has 1 aromatic heterocycles.